The molecule has 0 aliphatic rings. The van der Waals surface area contributed by atoms with Crippen molar-refractivity contribution in [2.75, 3.05) is 19.5 Å². The smallest absolute Gasteiger partial charge is 0.337 e. The summed E-state index contributed by atoms with van der Waals surface area (Å²) in [5.41, 5.74) is 2.62. The van der Waals surface area contributed by atoms with Crippen molar-refractivity contribution in [3.8, 4) is 11.5 Å². The van der Waals surface area contributed by atoms with Gasteiger partial charge in [0.25, 0.3) is 0 Å². The SMILES string of the molecule is CCCCCC(CC(=O)Nc1cc(C(=O)OC)ccc1C(C)(C)C)c1ccc(O)cc1OC. The molecule has 180 valence electrons. The van der Waals surface area contributed by atoms with Crippen molar-refractivity contribution in [2.24, 2.45) is 0 Å². The van der Waals surface area contributed by atoms with Gasteiger partial charge in [0.1, 0.15) is 11.5 Å². The summed E-state index contributed by atoms with van der Waals surface area (Å²) >= 11 is 0. The van der Waals surface area contributed by atoms with E-state index in [9.17, 15) is 14.7 Å². The molecule has 0 aromatic heterocycles. The van der Waals surface area contributed by atoms with Crippen LogP contribution >= 0.6 is 0 Å². The number of esters is 1. The molecule has 1 unspecified atom stereocenters. The topological polar surface area (TPSA) is 84.9 Å². The van der Waals surface area contributed by atoms with Crippen molar-refractivity contribution in [2.45, 2.75) is 71.1 Å². The molecule has 0 saturated carbocycles. The molecule has 0 heterocycles. The number of benzene rings is 2. The lowest BCUT2D eigenvalue weighted by atomic mass is 9.85. The van der Waals surface area contributed by atoms with E-state index in [0.29, 0.717) is 17.0 Å². The van der Waals surface area contributed by atoms with Crippen LogP contribution in [0.3, 0.4) is 0 Å². The highest BCUT2D eigenvalue weighted by molar-refractivity contribution is 5.96. The predicted molar refractivity (Wildman–Crippen MR) is 131 cm³/mol. The zero-order valence-corrected chi connectivity index (χ0v) is 20.7. The van der Waals surface area contributed by atoms with Gasteiger partial charge in [0, 0.05) is 18.2 Å². The second kappa shape index (κ2) is 11.7. The van der Waals surface area contributed by atoms with Crippen LogP contribution in [0.4, 0.5) is 5.69 Å². The summed E-state index contributed by atoms with van der Waals surface area (Å²) in [6, 6.07) is 10.3. The molecular formula is C27H37NO5. The molecule has 33 heavy (non-hydrogen) atoms. The molecule has 2 aromatic carbocycles. The van der Waals surface area contributed by atoms with Crippen LogP contribution in [-0.2, 0) is 14.9 Å². The summed E-state index contributed by atoms with van der Waals surface area (Å²) < 4.78 is 10.3. The molecule has 6 heteroatoms. The number of amides is 1. The van der Waals surface area contributed by atoms with Crippen LogP contribution in [0.15, 0.2) is 36.4 Å². The van der Waals surface area contributed by atoms with Gasteiger partial charge in [-0.15, -0.1) is 0 Å². The summed E-state index contributed by atoms with van der Waals surface area (Å²) in [7, 11) is 2.90. The van der Waals surface area contributed by atoms with Gasteiger partial charge >= 0.3 is 5.97 Å². The molecule has 0 radical (unpaired) electrons. The molecule has 0 aliphatic heterocycles. The minimum atomic E-state index is -0.447. The quantitative estimate of drug-likeness (QED) is 0.330. The number of methoxy groups -OCH3 is 2. The average molecular weight is 456 g/mol. The lowest BCUT2D eigenvalue weighted by molar-refractivity contribution is -0.116. The van der Waals surface area contributed by atoms with Gasteiger partial charge in [0.2, 0.25) is 5.91 Å². The Hall–Kier alpha value is -3.02. The van der Waals surface area contributed by atoms with E-state index in [2.05, 4.69) is 33.0 Å². The number of phenolic OH excluding ortho intramolecular Hbond substituents is 1. The van der Waals surface area contributed by atoms with Crippen molar-refractivity contribution >= 4 is 17.6 Å². The Morgan fingerprint density at radius 3 is 2.39 bits per heavy atom. The van der Waals surface area contributed by atoms with Gasteiger partial charge in [0.15, 0.2) is 0 Å². The predicted octanol–water partition coefficient (Wildman–Crippen LogP) is 6.18. The van der Waals surface area contributed by atoms with E-state index >= 15 is 0 Å². The number of carbonyl (C=O) groups excluding carboxylic acids is 2. The second-order valence-corrected chi connectivity index (χ2v) is 9.37. The van der Waals surface area contributed by atoms with Crippen molar-refractivity contribution in [1.29, 1.82) is 0 Å². The summed E-state index contributed by atoms with van der Waals surface area (Å²) in [5.74, 6) is 0.0551. The van der Waals surface area contributed by atoms with Crippen LogP contribution in [-0.4, -0.2) is 31.2 Å². The maximum atomic E-state index is 13.2. The highest BCUT2D eigenvalue weighted by atomic mass is 16.5. The zero-order chi connectivity index (χ0) is 24.6. The van der Waals surface area contributed by atoms with Gasteiger partial charge in [-0.2, -0.15) is 0 Å². The maximum Gasteiger partial charge on any atom is 0.337 e. The van der Waals surface area contributed by atoms with E-state index in [1.807, 2.05) is 12.1 Å². The molecule has 6 nitrogen and oxygen atoms in total. The van der Waals surface area contributed by atoms with E-state index in [4.69, 9.17) is 9.47 Å². The van der Waals surface area contributed by atoms with Crippen LogP contribution in [0.1, 0.15) is 87.2 Å². The molecule has 0 saturated heterocycles. The third-order valence-electron chi connectivity index (χ3n) is 5.77. The molecular weight excluding hydrogens is 418 g/mol. The van der Waals surface area contributed by atoms with E-state index < -0.39 is 5.97 Å². The number of rotatable bonds is 10. The molecule has 1 atom stereocenters. The summed E-state index contributed by atoms with van der Waals surface area (Å²) in [6.45, 7) is 8.32. The minimum absolute atomic E-state index is 0.0611. The summed E-state index contributed by atoms with van der Waals surface area (Å²) in [6.07, 6.45) is 4.24. The third kappa shape index (κ3) is 7.24. The van der Waals surface area contributed by atoms with Crippen LogP contribution < -0.4 is 10.1 Å². The number of anilines is 1. The summed E-state index contributed by atoms with van der Waals surface area (Å²) in [4.78, 5) is 25.3. The highest BCUT2D eigenvalue weighted by Crippen LogP contribution is 2.36. The van der Waals surface area contributed by atoms with Crippen molar-refractivity contribution < 1.29 is 24.2 Å². The molecule has 0 fully saturated rings. The Morgan fingerprint density at radius 2 is 1.79 bits per heavy atom. The van der Waals surface area contributed by atoms with Gasteiger partial charge in [0.05, 0.1) is 19.8 Å². The highest BCUT2D eigenvalue weighted by Gasteiger charge is 2.24. The Morgan fingerprint density at radius 1 is 1.06 bits per heavy atom. The number of hydrogen-bond donors (Lipinski definition) is 2. The van der Waals surface area contributed by atoms with Crippen LogP contribution in [0.25, 0.3) is 0 Å². The molecule has 0 aliphatic carbocycles. The molecule has 1 amide bonds. The normalized spacial score (nSPS) is 12.2. The van der Waals surface area contributed by atoms with Crippen LogP contribution in [0.2, 0.25) is 0 Å². The Bertz CT molecular complexity index is 961. The second-order valence-electron chi connectivity index (χ2n) is 9.37. The first kappa shape index (κ1) is 26.2. The molecule has 0 spiro atoms. The first-order valence-electron chi connectivity index (χ1n) is 11.5. The van der Waals surface area contributed by atoms with Crippen LogP contribution in [0, 0.1) is 0 Å². The van der Waals surface area contributed by atoms with E-state index in [0.717, 1.165) is 36.8 Å². The van der Waals surface area contributed by atoms with Gasteiger partial charge < -0.3 is 19.9 Å². The zero-order valence-electron chi connectivity index (χ0n) is 20.7. The van der Waals surface area contributed by atoms with Crippen molar-refractivity contribution in [1.82, 2.24) is 0 Å². The average Bonchev–Trinajstić information content (AvgIpc) is 2.77. The Balaban J connectivity index is 2.34. The van der Waals surface area contributed by atoms with Crippen LogP contribution in [0.5, 0.6) is 11.5 Å². The number of nitrogens with one attached hydrogen (secondary N) is 1. The first-order chi connectivity index (χ1) is 15.6. The number of ether oxygens (including phenoxy) is 2. The molecule has 0 bridgehead atoms. The standard InChI is InChI=1S/C27H37NO5/c1-7-8-9-10-18(21-13-12-20(29)17-24(21)32-5)16-25(30)28-23-15-19(26(31)33-6)11-14-22(23)27(2,3)4/h11-15,17-18,29H,7-10,16H2,1-6H3,(H,28,30). The van der Waals surface area contributed by atoms with Gasteiger partial charge in [-0.1, -0.05) is 59.1 Å². The lowest BCUT2D eigenvalue weighted by Crippen LogP contribution is -2.21. The Kier molecular flexibility index (Phi) is 9.32. The maximum absolute atomic E-state index is 13.2. The van der Waals surface area contributed by atoms with Gasteiger partial charge in [-0.25, -0.2) is 4.79 Å². The number of carbonyl (C=O) groups is 2. The van der Waals surface area contributed by atoms with Gasteiger partial charge in [-0.3, -0.25) is 4.79 Å². The monoisotopic (exact) mass is 455 g/mol. The van der Waals surface area contributed by atoms with Crippen molar-refractivity contribution in [3.63, 3.8) is 0 Å². The lowest BCUT2D eigenvalue weighted by Gasteiger charge is -2.25. The fourth-order valence-electron chi connectivity index (χ4n) is 4.02. The first-order valence-corrected chi connectivity index (χ1v) is 11.5. The fraction of sp³-hybridized carbons (Fsp3) is 0.481. The van der Waals surface area contributed by atoms with E-state index in [-0.39, 0.29) is 29.4 Å². The minimum Gasteiger partial charge on any atom is -0.508 e. The number of aromatic hydroxyl groups is 1. The number of hydrogen-bond acceptors (Lipinski definition) is 5. The fourth-order valence-corrected chi connectivity index (χ4v) is 4.02. The van der Waals surface area contributed by atoms with E-state index in [1.165, 1.54) is 7.11 Å². The summed E-state index contributed by atoms with van der Waals surface area (Å²) in [5, 5.41) is 12.9. The third-order valence-corrected chi connectivity index (χ3v) is 5.77. The Labute approximate surface area is 197 Å². The number of unbranched alkanes of at least 4 members (excludes halogenated alkanes) is 2. The molecule has 2 aromatic rings. The molecule has 2 rings (SSSR count). The number of phenols is 1. The molecule has 2 N–H and O–H groups in total. The van der Waals surface area contributed by atoms with E-state index in [1.54, 1.807) is 31.4 Å². The van der Waals surface area contributed by atoms with Crippen molar-refractivity contribution in [3.05, 3.63) is 53.1 Å². The largest absolute Gasteiger partial charge is 0.508 e. The van der Waals surface area contributed by atoms with Gasteiger partial charge in [-0.05, 0) is 47.1 Å².